The highest BCUT2D eigenvalue weighted by Gasteiger charge is 2.33. The van der Waals surface area contributed by atoms with Gasteiger partial charge in [0.15, 0.2) is 11.5 Å². The minimum absolute atomic E-state index is 0.0967. The van der Waals surface area contributed by atoms with Crippen LogP contribution in [0.25, 0.3) is 0 Å². The molecule has 2 aromatic carbocycles. The van der Waals surface area contributed by atoms with E-state index in [0.717, 1.165) is 16.6 Å². The zero-order chi connectivity index (χ0) is 19.6. The molecule has 0 radical (unpaired) electrons. The van der Waals surface area contributed by atoms with Gasteiger partial charge in [-0.2, -0.15) is 0 Å². The average Bonchev–Trinajstić information content (AvgIpc) is 3.07. The predicted octanol–water partition coefficient (Wildman–Crippen LogP) is 2.74. The molecule has 1 amide bonds. The molecule has 0 saturated heterocycles. The Hall–Kier alpha value is -2.81. The Morgan fingerprint density at radius 3 is 2.59 bits per heavy atom. The normalized spacial score (nSPS) is 13.9. The van der Waals surface area contributed by atoms with Crippen LogP contribution >= 0.6 is 0 Å². The summed E-state index contributed by atoms with van der Waals surface area (Å²) in [6, 6.07) is 9.16. The first kappa shape index (κ1) is 19.0. The van der Waals surface area contributed by atoms with E-state index < -0.39 is 27.8 Å². The fourth-order valence-corrected chi connectivity index (χ4v) is 4.08. The van der Waals surface area contributed by atoms with Crippen LogP contribution in [0.4, 0.5) is 15.8 Å². The van der Waals surface area contributed by atoms with E-state index in [0.29, 0.717) is 17.2 Å². The highest BCUT2D eigenvalue weighted by molar-refractivity contribution is 7.92. The van der Waals surface area contributed by atoms with Gasteiger partial charge in [0.05, 0.1) is 11.9 Å². The quantitative estimate of drug-likeness (QED) is 0.814. The summed E-state index contributed by atoms with van der Waals surface area (Å²) < 4.78 is 50.2. The van der Waals surface area contributed by atoms with Gasteiger partial charge in [0.1, 0.15) is 11.9 Å². The SMILES string of the molecule is CC[C@@H](C(=O)Nc1ccc2c(c1)OCO2)N(c1ccccc1F)S(C)(=O)=O. The lowest BCUT2D eigenvalue weighted by Gasteiger charge is -2.30. The molecule has 1 heterocycles. The van der Waals surface area contributed by atoms with Gasteiger partial charge in [-0.1, -0.05) is 19.1 Å². The Balaban J connectivity index is 1.91. The van der Waals surface area contributed by atoms with Crippen LogP contribution in [0.15, 0.2) is 42.5 Å². The summed E-state index contributed by atoms with van der Waals surface area (Å²) in [5.74, 6) is -0.263. The summed E-state index contributed by atoms with van der Waals surface area (Å²) in [6.45, 7) is 1.75. The summed E-state index contributed by atoms with van der Waals surface area (Å²) in [5, 5.41) is 2.66. The van der Waals surface area contributed by atoms with E-state index >= 15 is 0 Å². The zero-order valence-electron chi connectivity index (χ0n) is 14.8. The Morgan fingerprint density at radius 2 is 1.93 bits per heavy atom. The Kier molecular flexibility index (Phi) is 5.22. The highest BCUT2D eigenvalue weighted by Crippen LogP contribution is 2.34. The standard InChI is InChI=1S/C18H19FN2O5S/c1-3-14(21(27(2,23)24)15-7-5-4-6-13(15)19)18(22)20-12-8-9-16-17(10-12)26-11-25-16/h4-10,14H,3,11H2,1-2H3,(H,20,22)/t14-/m0/s1. The second-order valence-electron chi connectivity index (χ2n) is 5.99. The minimum Gasteiger partial charge on any atom is -0.454 e. The number of ether oxygens (including phenoxy) is 2. The van der Waals surface area contributed by atoms with Crippen molar-refractivity contribution in [1.82, 2.24) is 0 Å². The molecule has 0 spiro atoms. The number of fused-ring (bicyclic) bond motifs is 1. The van der Waals surface area contributed by atoms with Crippen molar-refractivity contribution in [1.29, 1.82) is 0 Å². The van der Waals surface area contributed by atoms with E-state index in [1.807, 2.05) is 0 Å². The highest BCUT2D eigenvalue weighted by atomic mass is 32.2. The lowest BCUT2D eigenvalue weighted by Crippen LogP contribution is -2.47. The molecule has 3 rings (SSSR count). The molecule has 0 bridgehead atoms. The third-order valence-electron chi connectivity index (χ3n) is 4.06. The Labute approximate surface area is 156 Å². The molecule has 1 aliphatic heterocycles. The number of benzene rings is 2. The first-order valence-corrected chi connectivity index (χ1v) is 10.1. The summed E-state index contributed by atoms with van der Waals surface area (Å²) in [7, 11) is -3.91. The summed E-state index contributed by atoms with van der Waals surface area (Å²) in [5.41, 5.74) is 0.248. The van der Waals surface area contributed by atoms with Crippen LogP contribution in [0.1, 0.15) is 13.3 Å². The molecule has 27 heavy (non-hydrogen) atoms. The lowest BCUT2D eigenvalue weighted by atomic mass is 10.1. The van der Waals surface area contributed by atoms with E-state index in [1.54, 1.807) is 25.1 Å². The molecule has 0 unspecified atom stereocenters. The number of amides is 1. The van der Waals surface area contributed by atoms with Gasteiger partial charge in [0.2, 0.25) is 22.7 Å². The predicted molar refractivity (Wildman–Crippen MR) is 99.0 cm³/mol. The lowest BCUT2D eigenvalue weighted by molar-refractivity contribution is -0.117. The van der Waals surface area contributed by atoms with Crippen LogP contribution in [-0.2, 0) is 14.8 Å². The van der Waals surface area contributed by atoms with E-state index in [-0.39, 0.29) is 18.9 Å². The number of nitrogens with one attached hydrogen (secondary N) is 1. The molecule has 1 aliphatic rings. The molecule has 0 saturated carbocycles. The molecule has 0 aromatic heterocycles. The largest absolute Gasteiger partial charge is 0.454 e. The van der Waals surface area contributed by atoms with Gasteiger partial charge < -0.3 is 14.8 Å². The molecule has 9 heteroatoms. The van der Waals surface area contributed by atoms with Crippen molar-refractivity contribution >= 4 is 27.3 Å². The number of hydrogen-bond acceptors (Lipinski definition) is 5. The van der Waals surface area contributed by atoms with Gasteiger partial charge >= 0.3 is 0 Å². The van der Waals surface area contributed by atoms with Crippen molar-refractivity contribution in [3.63, 3.8) is 0 Å². The molecule has 0 aliphatic carbocycles. The number of sulfonamides is 1. The van der Waals surface area contributed by atoms with Crippen molar-refractivity contribution in [3.8, 4) is 11.5 Å². The number of carbonyl (C=O) groups excluding carboxylic acids is 1. The summed E-state index contributed by atoms with van der Waals surface area (Å²) >= 11 is 0. The maximum absolute atomic E-state index is 14.2. The van der Waals surface area contributed by atoms with Crippen LogP contribution in [0.3, 0.4) is 0 Å². The second kappa shape index (κ2) is 7.43. The van der Waals surface area contributed by atoms with Gasteiger partial charge in [0.25, 0.3) is 0 Å². The first-order chi connectivity index (χ1) is 12.8. The monoisotopic (exact) mass is 394 g/mol. The molecular formula is C18H19FN2O5S. The zero-order valence-corrected chi connectivity index (χ0v) is 15.6. The smallest absolute Gasteiger partial charge is 0.248 e. The van der Waals surface area contributed by atoms with Crippen molar-refractivity contribution < 1.29 is 27.1 Å². The minimum atomic E-state index is -3.91. The topological polar surface area (TPSA) is 84.9 Å². The summed E-state index contributed by atoms with van der Waals surface area (Å²) in [6.07, 6.45) is 1.09. The number of carbonyl (C=O) groups is 1. The summed E-state index contributed by atoms with van der Waals surface area (Å²) in [4.78, 5) is 12.8. The van der Waals surface area contributed by atoms with Crippen LogP contribution < -0.4 is 19.1 Å². The number of rotatable bonds is 6. The number of nitrogens with zero attached hydrogens (tertiary/aromatic N) is 1. The van der Waals surface area contributed by atoms with Crippen molar-refractivity contribution in [2.45, 2.75) is 19.4 Å². The fourth-order valence-electron chi connectivity index (χ4n) is 2.87. The van der Waals surface area contributed by atoms with E-state index in [4.69, 9.17) is 9.47 Å². The molecular weight excluding hydrogens is 375 g/mol. The van der Waals surface area contributed by atoms with Gasteiger partial charge in [-0.3, -0.25) is 9.10 Å². The van der Waals surface area contributed by atoms with Crippen LogP contribution in [-0.4, -0.2) is 33.4 Å². The van der Waals surface area contributed by atoms with Crippen LogP contribution in [0, 0.1) is 5.82 Å². The maximum Gasteiger partial charge on any atom is 0.248 e. The van der Waals surface area contributed by atoms with E-state index in [1.165, 1.54) is 18.2 Å². The van der Waals surface area contributed by atoms with Crippen molar-refractivity contribution in [2.75, 3.05) is 22.7 Å². The number of para-hydroxylation sites is 1. The number of anilines is 2. The molecule has 1 atom stereocenters. The molecule has 144 valence electrons. The third kappa shape index (κ3) is 3.97. The van der Waals surface area contributed by atoms with Crippen molar-refractivity contribution in [3.05, 3.63) is 48.3 Å². The van der Waals surface area contributed by atoms with Gasteiger partial charge in [-0.25, -0.2) is 12.8 Å². The van der Waals surface area contributed by atoms with Crippen molar-refractivity contribution in [2.24, 2.45) is 0 Å². The van der Waals surface area contributed by atoms with Crippen LogP contribution in [0.2, 0.25) is 0 Å². The molecule has 2 aromatic rings. The van der Waals surface area contributed by atoms with E-state index in [2.05, 4.69) is 5.32 Å². The van der Waals surface area contributed by atoms with E-state index in [9.17, 15) is 17.6 Å². The Morgan fingerprint density at radius 1 is 1.22 bits per heavy atom. The Bertz CT molecular complexity index is 964. The molecule has 7 nitrogen and oxygen atoms in total. The maximum atomic E-state index is 14.2. The van der Waals surface area contributed by atoms with Gasteiger partial charge in [-0.15, -0.1) is 0 Å². The average molecular weight is 394 g/mol. The fraction of sp³-hybridized carbons (Fsp3) is 0.278. The number of hydrogen-bond donors (Lipinski definition) is 1. The third-order valence-corrected chi connectivity index (χ3v) is 5.23. The van der Waals surface area contributed by atoms with Gasteiger partial charge in [0, 0.05) is 11.8 Å². The molecule has 0 fully saturated rings. The molecule has 1 N–H and O–H groups in total. The van der Waals surface area contributed by atoms with Gasteiger partial charge in [-0.05, 0) is 30.7 Å². The second-order valence-corrected chi connectivity index (χ2v) is 7.85. The number of halogens is 1. The van der Waals surface area contributed by atoms with Crippen LogP contribution in [0.5, 0.6) is 11.5 Å². The first-order valence-electron chi connectivity index (χ1n) is 8.25.